The van der Waals surface area contributed by atoms with Gasteiger partial charge in [-0.2, -0.15) is 0 Å². The van der Waals surface area contributed by atoms with Gasteiger partial charge in [0, 0.05) is 10.3 Å². The number of fused-ring (bicyclic) bond motifs is 4. The minimum atomic E-state index is -0.399. The number of pyridine rings is 1. The quantitative estimate of drug-likeness (QED) is 0.216. The second-order valence-electron chi connectivity index (χ2n) is 9.62. The molecule has 3 heterocycles. The summed E-state index contributed by atoms with van der Waals surface area (Å²) in [7, 11) is 0. The summed E-state index contributed by atoms with van der Waals surface area (Å²) in [6.45, 7) is 10.4. The van der Waals surface area contributed by atoms with Crippen molar-refractivity contribution in [2.75, 3.05) is 11.9 Å². The van der Waals surface area contributed by atoms with Gasteiger partial charge >= 0.3 is 5.97 Å². The third kappa shape index (κ3) is 4.75. The number of benzene rings is 1. The van der Waals surface area contributed by atoms with Crippen molar-refractivity contribution in [3.05, 3.63) is 50.9 Å². The molecule has 194 valence electrons. The first-order valence-electron chi connectivity index (χ1n) is 12.9. The number of aromatic nitrogens is 3. The number of aryl methyl sites for hydroxylation is 4. The predicted octanol–water partition coefficient (Wildman–Crippen LogP) is 6.43. The summed E-state index contributed by atoms with van der Waals surface area (Å²) in [5.41, 5.74) is 6.92. The van der Waals surface area contributed by atoms with Crippen LogP contribution in [0.5, 0.6) is 0 Å². The average molecular weight is 537 g/mol. The number of rotatable bonds is 7. The Labute approximate surface area is 225 Å². The van der Waals surface area contributed by atoms with Gasteiger partial charge < -0.3 is 10.1 Å². The Balaban J connectivity index is 1.48. The van der Waals surface area contributed by atoms with E-state index in [0.29, 0.717) is 28.7 Å². The fraction of sp³-hybridized carbons (Fsp3) is 0.429. The zero-order valence-corrected chi connectivity index (χ0v) is 23.6. The van der Waals surface area contributed by atoms with Crippen molar-refractivity contribution in [1.82, 2.24) is 14.6 Å². The van der Waals surface area contributed by atoms with Crippen molar-refractivity contribution in [1.29, 1.82) is 0 Å². The standard InChI is InChI=1S/C28H32N4O3S2/c1-6-20(25(33)29-26-23(27(34)35-7-2)18-10-8-9-11-21(18)36-26)37-28-31-30-22-14-16(4)19-13-15(3)12-17(5)24(19)32(22)28/h12-14,20H,6-11H2,1-5H3,(H,29,33). The van der Waals surface area contributed by atoms with E-state index in [1.807, 2.05) is 13.0 Å². The van der Waals surface area contributed by atoms with Crippen molar-refractivity contribution >= 4 is 56.5 Å². The maximum Gasteiger partial charge on any atom is 0.341 e. The number of nitrogens with zero attached hydrogens (tertiary/aromatic N) is 3. The molecule has 0 radical (unpaired) electrons. The fourth-order valence-corrected chi connectivity index (χ4v) is 7.45. The van der Waals surface area contributed by atoms with Crippen molar-refractivity contribution in [3.8, 4) is 0 Å². The van der Waals surface area contributed by atoms with Gasteiger partial charge in [0.15, 0.2) is 10.8 Å². The van der Waals surface area contributed by atoms with Gasteiger partial charge in [0.25, 0.3) is 0 Å². The van der Waals surface area contributed by atoms with E-state index in [1.54, 1.807) is 6.92 Å². The Hall–Kier alpha value is -2.91. The first-order valence-corrected chi connectivity index (χ1v) is 14.6. The molecule has 0 fully saturated rings. The molecule has 0 saturated carbocycles. The molecule has 0 bridgehead atoms. The summed E-state index contributed by atoms with van der Waals surface area (Å²) in [6.07, 6.45) is 4.53. The second-order valence-corrected chi connectivity index (χ2v) is 11.9. The van der Waals surface area contributed by atoms with Crippen LogP contribution in [0, 0.1) is 20.8 Å². The van der Waals surface area contributed by atoms with Gasteiger partial charge in [-0.15, -0.1) is 21.5 Å². The van der Waals surface area contributed by atoms with Crippen LogP contribution in [-0.2, 0) is 22.4 Å². The molecule has 1 atom stereocenters. The highest BCUT2D eigenvalue weighted by Gasteiger charge is 2.29. The number of esters is 1. The number of amides is 1. The van der Waals surface area contributed by atoms with Crippen molar-refractivity contribution in [2.45, 2.75) is 77.1 Å². The van der Waals surface area contributed by atoms with Crippen LogP contribution in [0.4, 0.5) is 5.00 Å². The molecule has 7 nitrogen and oxygen atoms in total. The van der Waals surface area contributed by atoms with E-state index in [4.69, 9.17) is 4.74 Å². The summed E-state index contributed by atoms with van der Waals surface area (Å²) < 4.78 is 7.42. The zero-order chi connectivity index (χ0) is 26.3. The monoisotopic (exact) mass is 536 g/mol. The third-order valence-electron chi connectivity index (χ3n) is 6.90. The molecule has 1 aliphatic rings. The lowest BCUT2D eigenvalue weighted by atomic mass is 9.95. The maximum absolute atomic E-state index is 13.5. The minimum absolute atomic E-state index is 0.141. The van der Waals surface area contributed by atoms with E-state index in [2.05, 4.69) is 52.8 Å². The largest absolute Gasteiger partial charge is 0.462 e. The Bertz CT molecular complexity index is 1520. The fourth-order valence-electron chi connectivity index (χ4n) is 5.21. The summed E-state index contributed by atoms with van der Waals surface area (Å²) in [4.78, 5) is 27.6. The summed E-state index contributed by atoms with van der Waals surface area (Å²) >= 11 is 2.93. The number of carbonyl (C=O) groups excluding carboxylic acids is 2. The first kappa shape index (κ1) is 25.7. The van der Waals surface area contributed by atoms with Gasteiger partial charge in [0.2, 0.25) is 5.91 Å². The molecule has 1 unspecified atom stereocenters. The van der Waals surface area contributed by atoms with E-state index in [9.17, 15) is 9.59 Å². The van der Waals surface area contributed by atoms with Crippen LogP contribution in [0.2, 0.25) is 0 Å². The molecule has 5 rings (SSSR count). The number of thioether (sulfide) groups is 1. The molecule has 4 aromatic rings. The van der Waals surface area contributed by atoms with E-state index in [0.717, 1.165) is 58.9 Å². The van der Waals surface area contributed by atoms with Gasteiger partial charge in [-0.05, 0) is 88.6 Å². The zero-order valence-electron chi connectivity index (χ0n) is 21.9. The highest BCUT2D eigenvalue weighted by atomic mass is 32.2. The summed E-state index contributed by atoms with van der Waals surface area (Å²) in [6, 6.07) is 6.39. The third-order valence-corrected chi connectivity index (χ3v) is 9.41. The molecule has 9 heteroatoms. The van der Waals surface area contributed by atoms with Gasteiger partial charge in [-0.3, -0.25) is 9.20 Å². The van der Waals surface area contributed by atoms with Crippen molar-refractivity contribution < 1.29 is 14.3 Å². The van der Waals surface area contributed by atoms with Gasteiger partial charge in [-0.25, -0.2) is 4.79 Å². The number of nitrogens with one attached hydrogen (secondary N) is 1. The average Bonchev–Trinajstić information content (AvgIpc) is 3.43. The summed E-state index contributed by atoms with van der Waals surface area (Å²) in [5, 5.41) is 14.0. The second kappa shape index (κ2) is 10.5. The number of carbonyl (C=O) groups is 2. The highest BCUT2D eigenvalue weighted by molar-refractivity contribution is 8.00. The van der Waals surface area contributed by atoms with Gasteiger partial charge in [0.05, 0.1) is 22.9 Å². The number of hydrogen-bond acceptors (Lipinski definition) is 7. The lowest BCUT2D eigenvalue weighted by Crippen LogP contribution is -2.25. The predicted molar refractivity (Wildman–Crippen MR) is 150 cm³/mol. The Morgan fingerprint density at radius 2 is 1.89 bits per heavy atom. The van der Waals surface area contributed by atoms with Crippen LogP contribution in [-0.4, -0.2) is 38.3 Å². The van der Waals surface area contributed by atoms with Crippen molar-refractivity contribution in [2.24, 2.45) is 0 Å². The molecule has 0 aliphatic heterocycles. The normalized spacial score (nSPS) is 14.1. The molecule has 0 spiro atoms. The Morgan fingerprint density at radius 3 is 2.65 bits per heavy atom. The highest BCUT2D eigenvalue weighted by Crippen LogP contribution is 2.39. The molecule has 1 N–H and O–H groups in total. The van der Waals surface area contributed by atoms with E-state index >= 15 is 0 Å². The van der Waals surface area contributed by atoms with E-state index in [-0.39, 0.29) is 11.9 Å². The Morgan fingerprint density at radius 1 is 1.11 bits per heavy atom. The van der Waals surface area contributed by atoms with Crippen LogP contribution in [0.25, 0.3) is 16.6 Å². The van der Waals surface area contributed by atoms with Crippen LogP contribution in [0.1, 0.15) is 70.6 Å². The van der Waals surface area contributed by atoms with Crippen LogP contribution in [0.15, 0.2) is 23.4 Å². The Kier molecular flexibility index (Phi) is 7.27. The SMILES string of the molecule is CCOC(=O)c1c(NC(=O)C(CC)Sc2nnc3cc(C)c4cc(C)cc(C)c4n23)sc2c1CCCC2. The van der Waals surface area contributed by atoms with E-state index < -0.39 is 5.25 Å². The van der Waals surface area contributed by atoms with Crippen LogP contribution in [0.3, 0.4) is 0 Å². The molecular formula is C28H32N4O3S2. The van der Waals surface area contributed by atoms with Crippen molar-refractivity contribution in [3.63, 3.8) is 0 Å². The summed E-state index contributed by atoms with van der Waals surface area (Å²) in [5.74, 6) is -0.494. The molecule has 37 heavy (non-hydrogen) atoms. The maximum atomic E-state index is 13.5. The van der Waals surface area contributed by atoms with Crippen LogP contribution >= 0.6 is 23.1 Å². The smallest absolute Gasteiger partial charge is 0.341 e. The molecule has 0 saturated heterocycles. The van der Waals surface area contributed by atoms with Gasteiger partial charge in [-0.1, -0.05) is 30.3 Å². The number of thiophene rings is 1. The lowest BCUT2D eigenvalue weighted by molar-refractivity contribution is -0.115. The molecule has 1 aliphatic carbocycles. The first-order chi connectivity index (χ1) is 17.8. The number of anilines is 1. The van der Waals surface area contributed by atoms with Crippen LogP contribution < -0.4 is 5.32 Å². The molecular weight excluding hydrogens is 504 g/mol. The molecule has 1 aromatic carbocycles. The molecule has 3 aromatic heterocycles. The number of hydrogen-bond donors (Lipinski definition) is 1. The molecule has 1 amide bonds. The van der Waals surface area contributed by atoms with E-state index in [1.165, 1.54) is 33.5 Å². The lowest BCUT2D eigenvalue weighted by Gasteiger charge is -2.16. The minimum Gasteiger partial charge on any atom is -0.462 e. The topological polar surface area (TPSA) is 85.6 Å². The van der Waals surface area contributed by atoms with Gasteiger partial charge in [0.1, 0.15) is 5.00 Å². The number of ether oxygens (including phenoxy) is 1.